The van der Waals surface area contributed by atoms with E-state index < -0.39 is 17.6 Å². The Morgan fingerprint density at radius 3 is 1.86 bits per heavy atom. The molecule has 3 nitrogen and oxygen atoms in total. The molecule has 1 atom stereocenters. The molecule has 2 N–H and O–H groups in total. The van der Waals surface area contributed by atoms with Crippen LogP contribution >= 0.6 is 0 Å². The molecule has 4 saturated carbocycles. The number of rotatable bonds is 2. The second-order valence-electron chi connectivity index (χ2n) is 7.54. The van der Waals surface area contributed by atoms with Crippen LogP contribution in [0.1, 0.15) is 39.0 Å². The number of amides is 1. The highest BCUT2D eigenvalue weighted by Gasteiger charge is 2.58. The van der Waals surface area contributed by atoms with Gasteiger partial charge in [-0.25, -0.2) is 0 Å². The van der Waals surface area contributed by atoms with Crippen molar-refractivity contribution in [2.75, 3.05) is 7.05 Å². The lowest BCUT2D eigenvalue weighted by molar-refractivity contribution is -0.197. The first kappa shape index (κ1) is 15.1. The standard InChI is InChI=1S/C15H23F3N2O/c1-14(19,15(16,17)18)13(21)20(2)12-10-4-8-3-9(6-10)7-11(12)5-8/h8-12H,3-7,19H2,1-2H3. The predicted octanol–water partition coefficient (Wildman–Crippen LogP) is 2.55. The zero-order valence-electron chi connectivity index (χ0n) is 12.5. The van der Waals surface area contributed by atoms with Crippen molar-refractivity contribution in [1.29, 1.82) is 0 Å². The van der Waals surface area contributed by atoms with Crippen molar-refractivity contribution < 1.29 is 18.0 Å². The summed E-state index contributed by atoms with van der Waals surface area (Å²) in [5.41, 5.74) is 2.52. The number of hydrogen-bond acceptors (Lipinski definition) is 2. The molecule has 0 aromatic heterocycles. The third-order valence-electron chi connectivity index (χ3n) is 5.98. The largest absolute Gasteiger partial charge is 0.415 e. The van der Waals surface area contributed by atoms with Crippen LogP contribution in [0, 0.1) is 23.7 Å². The number of hydrogen-bond donors (Lipinski definition) is 1. The first-order valence-electron chi connectivity index (χ1n) is 7.74. The van der Waals surface area contributed by atoms with E-state index in [9.17, 15) is 18.0 Å². The van der Waals surface area contributed by atoms with Crippen LogP contribution in [0.5, 0.6) is 0 Å². The van der Waals surface area contributed by atoms with Crippen molar-refractivity contribution in [3.63, 3.8) is 0 Å². The van der Waals surface area contributed by atoms with Gasteiger partial charge in [0.25, 0.3) is 5.91 Å². The maximum absolute atomic E-state index is 13.0. The molecule has 0 radical (unpaired) electrons. The van der Waals surface area contributed by atoms with E-state index in [-0.39, 0.29) is 6.04 Å². The summed E-state index contributed by atoms with van der Waals surface area (Å²) in [5.74, 6) is 1.17. The normalized spacial score (nSPS) is 41.0. The smallest absolute Gasteiger partial charge is 0.340 e. The van der Waals surface area contributed by atoms with Gasteiger partial charge in [-0.2, -0.15) is 13.2 Å². The fourth-order valence-electron chi connectivity index (χ4n) is 5.15. The summed E-state index contributed by atoms with van der Waals surface area (Å²) in [6.07, 6.45) is 0.787. The number of alkyl halides is 3. The van der Waals surface area contributed by atoms with Gasteiger partial charge in [0.15, 0.2) is 5.54 Å². The molecule has 1 unspecified atom stereocenters. The maximum atomic E-state index is 13.0. The molecule has 0 aromatic carbocycles. The van der Waals surface area contributed by atoms with E-state index in [0.717, 1.165) is 44.4 Å². The average Bonchev–Trinajstić information content (AvgIpc) is 2.34. The van der Waals surface area contributed by atoms with E-state index in [1.807, 2.05) is 0 Å². The molecule has 0 spiro atoms. The Balaban J connectivity index is 1.79. The summed E-state index contributed by atoms with van der Waals surface area (Å²) in [7, 11) is 1.51. The molecule has 0 aromatic rings. The Kier molecular flexibility index (Phi) is 3.32. The fourth-order valence-corrected chi connectivity index (χ4v) is 5.15. The zero-order chi connectivity index (χ0) is 15.6. The van der Waals surface area contributed by atoms with Gasteiger partial charge in [0.2, 0.25) is 0 Å². The highest BCUT2D eigenvalue weighted by molar-refractivity contribution is 5.86. The van der Waals surface area contributed by atoms with Gasteiger partial charge in [-0.15, -0.1) is 0 Å². The van der Waals surface area contributed by atoms with Crippen LogP contribution in [-0.2, 0) is 4.79 Å². The third-order valence-corrected chi connectivity index (χ3v) is 5.98. The SMILES string of the molecule is CN(C(=O)C(C)(N)C(F)(F)F)C1C2CC3CC(C2)CC1C3. The van der Waals surface area contributed by atoms with Crippen molar-refractivity contribution in [2.45, 2.75) is 56.8 Å². The van der Waals surface area contributed by atoms with Crippen molar-refractivity contribution in [3.8, 4) is 0 Å². The second-order valence-corrected chi connectivity index (χ2v) is 7.54. The summed E-state index contributed by atoms with van der Waals surface area (Å²) in [6.45, 7) is 0.780. The molecular weight excluding hydrogens is 281 g/mol. The van der Waals surface area contributed by atoms with Crippen LogP contribution in [0.4, 0.5) is 13.2 Å². The van der Waals surface area contributed by atoms with Gasteiger partial charge in [-0.05, 0) is 62.7 Å². The lowest BCUT2D eigenvalue weighted by Crippen LogP contribution is -2.66. The van der Waals surface area contributed by atoms with Crippen LogP contribution in [0.25, 0.3) is 0 Å². The molecule has 4 aliphatic carbocycles. The number of halogens is 3. The number of nitrogens with zero attached hydrogens (tertiary/aromatic N) is 1. The molecule has 4 aliphatic rings. The third kappa shape index (κ3) is 2.26. The summed E-state index contributed by atoms with van der Waals surface area (Å²) in [4.78, 5) is 13.6. The molecule has 21 heavy (non-hydrogen) atoms. The van der Waals surface area contributed by atoms with Gasteiger partial charge in [0.05, 0.1) is 0 Å². The highest BCUT2D eigenvalue weighted by atomic mass is 19.4. The topological polar surface area (TPSA) is 46.3 Å². The molecule has 0 aliphatic heterocycles. The minimum absolute atomic E-state index is 0.0597. The molecular formula is C15H23F3N2O. The van der Waals surface area contributed by atoms with Gasteiger partial charge in [-0.3, -0.25) is 4.79 Å². The van der Waals surface area contributed by atoms with Gasteiger partial charge < -0.3 is 10.6 Å². The minimum atomic E-state index is -4.72. The maximum Gasteiger partial charge on any atom is 0.415 e. The zero-order valence-corrected chi connectivity index (χ0v) is 12.5. The summed E-state index contributed by atoms with van der Waals surface area (Å²) in [6, 6.07) is -0.0597. The first-order valence-corrected chi connectivity index (χ1v) is 7.74. The van der Waals surface area contributed by atoms with Crippen LogP contribution < -0.4 is 5.73 Å². The molecule has 0 saturated heterocycles. The molecule has 0 heterocycles. The van der Waals surface area contributed by atoms with Gasteiger partial charge in [0.1, 0.15) is 0 Å². The molecule has 4 fully saturated rings. The van der Waals surface area contributed by atoms with Crippen LogP contribution in [-0.4, -0.2) is 35.6 Å². The number of carbonyl (C=O) groups is 1. The molecule has 120 valence electrons. The van der Waals surface area contributed by atoms with E-state index in [0.29, 0.717) is 11.8 Å². The fraction of sp³-hybridized carbons (Fsp3) is 0.933. The van der Waals surface area contributed by atoms with Crippen molar-refractivity contribution in [1.82, 2.24) is 4.90 Å². The lowest BCUT2D eigenvalue weighted by Gasteiger charge is -2.57. The number of nitrogens with two attached hydrogens (primary N) is 1. The first-order chi connectivity index (χ1) is 9.61. The summed E-state index contributed by atoms with van der Waals surface area (Å²) < 4.78 is 39.0. The molecule has 6 heteroatoms. The number of likely N-dealkylation sites (N-methyl/N-ethyl adjacent to an activating group) is 1. The molecule has 4 bridgehead atoms. The van der Waals surface area contributed by atoms with E-state index in [4.69, 9.17) is 5.73 Å². The van der Waals surface area contributed by atoms with Crippen molar-refractivity contribution in [3.05, 3.63) is 0 Å². The van der Waals surface area contributed by atoms with Crippen LogP contribution in [0.3, 0.4) is 0 Å². The van der Waals surface area contributed by atoms with Crippen LogP contribution in [0.15, 0.2) is 0 Å². The average molecular weight is 304 g/mol. The predicted molar refractivity (Wildman–Crippen MR) is 72.3 cm³/mol. The Bertz CT molecular complexity index is 419. The monoisotopic (exact) mass is 304 g/mol. The Hall–Kier alpha value is -0.780. The summed E-state index contributed by atoms with van der Waals surface area (Å²) in [5, 5.41) is 0. The van der Waals surface area contributed by atoms with E-state index >= 15 is 0 Å². The Morgan fingerprint density at radius 1 is 1.05 bits per heavy atom. The van der Waals surface area contributed by atoms with Crippen molar-refractivity contribution >= 4 is 5.91 Å². The highest BCUT2D eigenvalue weighted by Crippen LogP contribution is 2.55. The van der Waals surface area contributed by atoms with Gasteiger partial charge in [0, 0.05) is 13.1 Å². The second kappa shape index (κ2) is 4.61. The van der Waals surface area contributed by atoms with E-state index in [1.54, 1.807) is 0 Å². The molecule has 1 amide bonds. The lowest BCUT2D eigenvalue weighted by atomic mass is 9.54. The Morgan fingerprint density at radius 2 is 1.48 bits per heavy atom. The quantitative estimate of drug-likeness (QED) is 0.852. The van der Waals surface area contributed by atoms with E-state index in [1.165, 1.54) is 18.4 Å². The Labute approximate surface area is 123 Å². The van der Waals surface area contributed by atoms with Crippen molar-refractivity contribution in [2.24, 2.45) is 29.4 Å². The van der Waals surface area contributed by atoms with Gasteiger partial charge >= 0.3 is 6.18 Å². The summed E-state index contributed by atoms with van der Waals surface area (Å²) >= 11 is 0. The molecule has 4 rings (SSSR count). The minimum Gasteiger partial charge on any atom is -0.340 e. The van der Waals surface area contributed by atoms with E-state index in [2.05, 4.69) is 0 Å². The van der Waals surface area contributed by atoms with Gasteiger partial charge in [-0.1, -0.05) is 0 Å². The number of carbonyl (C=O) groups excluding carboxylic acids is 1. The van der Waals surface area contributed by atoms with Crippen LogP contribution in [0.2, 0.25) is 0 Å².